The second kappa shape index (κ2) is 7.78. The SMILES string of the molecule is CCCCCc1cc2c(c(OC(N)=O)c1C(=O)O)-c1cc(C)ccc1C(C)(C)O2. The molecule has 0 radical (unpaired) electrons. The number of carboxylic acids is 1. The number of carbonyl (C=O) groups excluding carboxylic acids is 1. The lowest BCUT2D eigenvalue weighted by Crippen LogP contribution is -2.30. The first-order valence-electron chi connectivity index (χ1n) is 9.86. The molecular formula is C23H27NO5. The first-order chi connectivity index (χ1) is 13.7. The average molecular weight is 397 g/mol. The maximum absolute atomic E-state index is 12.2. The van der Waals surface area contributed by atoms with Crippen LogP contribution in [0.5, 0.6) is 11.5 Å². The van der Waals surface area contributed by atoms with Crippen LogP contribution in [0.4, 0.5) is 4.79 Å². The number of rotatable bonds is 6. The van der Waals surface area contributed by atoms with E-state index in [0.717, 1.165) is 36.0 Å². The van der Waals surface area contributed by atoms with Crippen molar-refractivity contribution in [3.63, 3.8) is 0 Å². The van der Waals surface area contributed by atoms with Crippen molar-refractivity contribution in [1.82, 2.24) is 0 Å². The van der Waals surface area contributed by atoms with Crippen LogP contribution in [0.2, 0.25) is 0 Å². The van der Waals surface area contributed by atoms with Crippen LogP contribution in [0.25, 0.3) is 11.1 Å². The molecule has 1 amide bonds. The average Bonchev–Trinajstić information content (AvgIpc) is 2.60. The van der Waals surface area contributed by atoms with Crippen LogP contribution in [-0.4, -0.2) is 17.2 Å². The first kappa shape index (κ1) is 20.7. The van der Waals surface area contributed by atoms with Crippen LogP contribution in [0.15, 0.2) is 24.3 Å². The molecule has 0 saturated carbocycles. The fraction of sp³-hybridized carbons (Fsp3) is 0.391. The highest BCUT2D eigenvalue weighted by Gasteiger charge is 2.37. The molecule has 0 fully saturated rings. The van der Waals surface area contributed by atoms with Gasteiger partial charge in [0.2, 0.25) is 0 Å². The highest BCUT2D eigenvalue weighted by molar-refractivity contribution is 5.99. The number of unbranched alkanes of at least 4 members (excludes halogenated alkanes) is 2. The van der Waals surface area contributed by atoms with Gasteiger partial charge in [-0.1, -0.05) is 43.5 Å². The van der Waals surface area contributed by atoms with Gasteiger partial charge in [0.05, 0.1) is 5.56 Å². The summed E-state index contributed by atoms with van der Waals surface area (Å²) < 4.78 is 11.6. The molecule has 6 heteroatoms. The quantitative estimate of drug-likeness (QED) is 0.655. The molecule has 0 unspecified atom stereocenters. The zero-order chi connectivity index (χ0) is 21.3. The van der Waals surface area contributed by atoms with Crippen LogP contribution in [0.3, 0.4) is 0 Å². The Bertz CT molecular complexity index is 978. The molecule has 1 aliphatic rings. The number of hydrogen-bond donors (Lipinski definition) is 2. The molecular weight excluding hydrogens is 370 g/mol. The minimum Gasteiger partial charge on any atom is -0.482 e. The molecule has 6 nitrogen and oxygen atoms in total. The summed E-state index contributed by atoms with van der Waals surface area (Å²) in [6, 6.07) is 7.65. The highest BCUT2D eigenvalue weighted by atomic mass is 16.6. The van der Waals surface area contributed by atoms with E-state index in [4.69, 9.17) is 15.2 Å². The Morgan fingerprint density at radius 3 is 2.55 bits per heavy atom. The first-order valence-corrected chi connectivity index (χ1v) is 9.86. The van der Waals surface area contributed by atoms with E-state index in [1.165, 1.54) is 0 Å². The van der Waals surface area contributed by atoms with E-state index >= 15 is 0 Å². The number of nitrogens with two attached hydrogens (primary N) is 1. The summed E-state index contributed by atoms with van der Waals surface area (Å²) in [5, 5.41) is 9.95. The molecule has 2 aromatic carbocycles. The van der Waals surface area contributed by atoms with Gasteiger partial charge in [-0.05, 0) is 50.8 Å². The maximum atomic E-state index is 12.2. The van der Waals surface area contributed by atoms with Crippen molar-refractivity contribution >= 4 is 12.1 Å². The topological polar surface area (TPSA) is 98.9 Å². The molecule has 0 aromatic heterocycles. The third-order valence-electron chi connectivity index (χ3n) is 5.25. The van der Waals surface area contributed by atoms with Gasteiger partial charge in [0.15, 0.2) is 5.75 Å². The van der Waals surface area contributed by atoms with Gasteiger partial charge in [-0.15, -0.1) is 0 Å². The molecule has 3 N–H and O–H groups in total. The highest BCUT2D eigenvalue weighted by Crippen LogP contribution is 2.51. The van der Waals surface area contributed by atoms with Crippen molar-refractivity contribution in [2.75, 3.05) is 0 Å². The van der Waals surface area contributed by atoms with Gasteiger partial charge < -0.3 is 20.3 Å². The number of fused-ring (bicyclic) bond motifs is 3. The summed E-state index contributed by atoms with van der Waals surface area (Å²) in [5.74, 6) is -0.702. The maximum Gasteiger partial charge on any atom is 0.410 e. The molecule has 0 saturated heterocycles. The lowest BCUT2D eigenvalue weighted by atomic mass is 9.83. The van der Waals surface area contributed by atoms with Crippen molar-refractivity contribution in [3.05, 3.63) is 46.5 Å². The van der Waals surface area contributed by atoms with Crippen molar-refractivity contribution in [3.8, 4) is 22.6 Å². The molecule has 1 heterocycles. The van der Waals surface area contributed by atoms with Crippen LogP contribution in [-0.2, 0) is 12.0 Å². The summed E-state index contributed by atoms with van der Waals surface area (Å²) in [4.78, 5) is 23.8. The van der Waals surface area contributed by atoms with Gasteiger partial charge in [0, 0.05) is 5.56 Å². The number of carboxylic acid groups (broad SMARTS) is 1. The van der Waals surface area contributed by atoms with Crippen molar-refractivity contribution < 1.29 is 24.2 Å². The Kier molecular flexibility index (Phi) is 5.55. The molecule has 154 valence electrons. The van der Waals surface area contributed by atoms with Crippen molar-refractivity contribution in [1.29, 1.82) is 0 Å². The Morgan fingerprint density at radius 2 is 1.93 bits per heavy atom. The largest absolute Gasteiger partial charge is 0.482 e. The standard InChI is InChI=1S/C23H27NO5/c1-5-6-7-8-14-12-17-19(20(28-22(24)27)18(14)21(25)26)15-11-13(2)9-10-16(15)23(3,4)29-17/h9-12H,5-8H2,1-4H3,(H2,24,27)(H,25,26). The fourth-order valence-electron chi connectivity index (χ4n) is 3.94. The van der Waals surface area contributed by atoms with Crippen LogP contribution in [0, 0.1) is 6.92 Å². The van der Waals surface area contributed by atoms with Crippen molar-refractivity contribution in [2.24, 2.45) is 5.73 Å². The zero-order valence-corrected chi connectivity index (χ0v) is 17.3. The molecule has 1 aliphatic heterocycles. The fourth-order valence-corrected chi connectivity index (χ4v) is 3.94. The molecule has 0 aliphatic carbocycles. The molecule has 29 heavy (non-hydrogen) atoms. The molecule has 2 aromatic rings. The second-order valence-corrected chi connectivity index (χ2v) is 7.96. The van der Waals surface area contributed by atoms with Gasteiger partial charge >= 0.3 is 12.1 Å². The Labute approximate surface area is 170 Å². The summed E-state index contributed by atoms with van der Waals surface area (Å²) >= 11 is 0. The van der Waals surface area contributed by atoms with Crippen molar-refractivity contribution in [2.45, 2.75) is 59.0 Å². The number of primary amides is 1. The summed E-state index contributed by atoms with van der Waals surface area (Å²) in [6.45, 7) is 7.95. The van der Waals surface area contributed by atoms with Gasteiger partial charge in [-0.3, -0.25) is 0 Å². The lowest BCUT2D eigenvalue weighted by Gasteiger charge is -2.36. The van der Waals surface area contributed by atoms with E-state index in [2.05, 4.69) is 6.92 Å². The number of aryl methyl sites for hydroxylation is 2. The zero-order valence-electron chi connectivity index (χ0n) is 17.3. The van der Waals surface area contributed by atoms with E-state index in [0.29, 0.717) is 23.3 Å². The molecule has 0 spiro atoms. The van der Waals surface area contributed by atoms with Gasteiger partial charge in [0.1, 0.15) is 16.9 Å². The van der Waals surface area contributed by atoms with Gasteiger partial charge in [-0.25, -0.2) is 9.59 Å². The van der Waals surface area contributed by atoms with E-state index in [1.54, 1.807) is 6.07 Å². The summed E-state index contributed by atoms with van der Waals surface area (Å²) in [5.41, 5.74) is 8.36. The molecule has 3 rings (SSSR count). The van der Waals surface area contributed by atoms with E-state index < -0.39 is 17.7 Å². The Morgan fingerprint density at radius 1 is 1.21 bits per heavy atom. The minimum absolute atomic E-state index is 0.0329. The monoisotopic (exact) mass is 397 g/mol. The minimum atomic E-state index is -1.16. The lowest BCUT2D eigenvalue weighted by molar-refractivity contribution is 0.0692. The molecule has 0 atom stereocenters. The Balaban J connectivity index is 2.34. The Hall–Kier alpha value is -3.02. The van der Waals surface area contributed by atoms with Crippen LogP contribution in [0.1, 0.15) is 67.1 Å². The smallest absolute Gasteiger partial charge is 0.410 e. The van der Waals surface area contributed by atoms with Gasteiger partial charge in [-0.2, -0.15) is 0 Å². The number of amides is 1. The van der Waals surface area contributed by atoms with E-state index in [-0.39, 0.29) is 11.3 Å². The number of ether oxygens (including phenoxy) is 2. The number of benzene rings is 2. The number of carbonyl (C=O) groups is 2. The number of aromatic carboxylic acids is 1. The predicted molar refractivity (Wildman–Crippen MR) is 111 cm³/mol. The van der Waals surface area contributed by atoms with Gasteiger partial charge in [0.25, 0.3) is 0 Å². The molecule has 0 bridgehead atoms. The van der Waals surface area contributed by atoms with Crippen LogP contribution < -0.4 is 15.2 Å². The van der Waals surface area contributed by atoms with Crippen LogP contribution >= 0.6 is 0 Å². The predicted octanol–water partition coefficient (Wildman–Crippen LogP) is 5.18. The third kappa shape index (κ3) is 3.92. The third-order valence-corrected chi connectivity index (χ3v) is 5.25. The normalized spacial score (nSPS) is 13.8. The summed E-state index contributed by atoms with van der Waals surface area (Å²) in [7, 11) is 0. The van der Waals surface area contributed by atoms with E-state index in [1.807, 2.05) is 39.0 Å². The van der Waals surface area contributed by atoms with E-state index in [9.17, 15) is 14.7 Å². The summed E-state index contributed by atoms with van der Waals surface area (Å²) in [6.07, 6.45) is 2.29. The number of hydrogen-bond acceptors (Lipinski definition) is 4. The second-order valence-electron chi connectivity index (χ2n) is 7.96.